The van der Waals surface area contributed by atoms with Gasteiger partial charge in [-0.15, -0.1) is 11.8 Å². The summed E-state index contributed by atoms with van der Waals surface area (Å²) >= 11 is 8.36. The third-order valence-corrected chi connectivity index (χ3v) is 7.96. The molecule has 2 aromatic rings. The summed E-state index contributed by atoms with van der Waals surface area (Å²) in [6.07, 6.45) is -1.46. The number of halogens is 4. The minimum absolute atomic E-state index is 0.160. The van der Waals surface area contributed by atoms with Gasteiger partial charge in [0, 0.05) is 21.9 Å². The molecule has 3 aliphatic heterocycles. The van der Waals surface area contributed by atoms with Crippen molar-refractivity contribution >= 4 is 29.3 Å². The summed E-state index contributed by atoms with van der Waals surface area (Å²) in [6, 6.07) is 10.5. The number of alkyl halides is 3. The van der Waals surface area contributed by atoms with Crippen LogP contribution in [-0.4, -0.2) is 58.0 Å². The molecule has 1 saturated heterocycles. The van der Waals surface area contributed by atoms with Gasteiger partial charge in [-0.2, -0.15) is 18.2 Å². The van der Waals surface area contributed by atoms with Gasteiger partial charge in [-0.25, -0.2) is 0 Å². The Morgan fingerprint density at radius 2 is 1.97 bits per heavy atom. The molecule has 2 aromatic carbocycles. The van der Waals surface area contributed by atoms with Crippen LogP contribution in [0.5, 0.6) is 0 Å². The van der Waals surface area contributed by atoms with Crippen molar-refractivity contribution in [3.63, 3.8) is 0 Å². The Balaban J connectivity index is 1.75. The van der Waals surface area contributed by atoms with Crippen molar-refractivity contribution in [3.8, 4) is 0 Å². The monoisotopic (exact) mass is 537 g/mol. The number of ether oxygens (including phenoxy) is 1. The Bertz CT molecular complexity index is 1250. The second-order valence-electron chi connectivity index (χ2n) is 8.65. The van der Waals surface area contributed by atoms with Gasteiger partial charge < -0.3 is 14.7 Å². The average Bonchev–Trinajstić information content (AvgIpc) is 2.99. The molecule has 0 bridgehead atoms. The molecule has 190 valence electrons. The summed E-state index contributed by atoms with van der Waals surface area (Å²) in [5.41, 5.74) is 2.25. The van der Waals surface area contributed by atoms with E-state index in [2.05, 4.69) is 0 Å². The molecule has 1 fully saturated rings. The molecular weight excluding hydrogens is 515 g/mol. The number of hydrogen-bond donors (Lipinski definition) is 1. The standard InChI is InChI=1S/C25H23ClF3N3O3S/c1-15(25(27,28)29)30-14-32(31-10-5-11-35-12-19(33)23(31)24(30)34)22-17-7-2-3-9-20(17)36-13-16-6-4-8-18(26)21(16)22/h2-10,15,22,33H,11-14H2,1H3/b10-5-,23-19+/t15-,22-/m1/s1. The number of nitrogens with zero attached hydrogens (tertiary/aromatic N) is 3. The van der Waals surface area contributed by atoms with Crippen molar-refractivity contribution < 1.29 is 27.8 Å². The fourth-order valence-electron chi connectivity index (χ4n) is 4.65. The molecule has 0 aliphatic carbocycles. The molecular formula is C25H23ClF3N3O3S. The van der Waals surface area contributed by atoms with Gasteiger partial charge in [-0.1, -0.05) is 41.9 Å². The lowest BCUT2D eigenvalue weighted by molar-refractivity contribution is -0.204. The summed E-state index contributed by atoms with van der Waals surface area (Å²) in [5.74, 6) is -0.750. The molecule has 0 saturated carbocycles. The lowest BCUT2D eigenvalue weighted by atomic mass is 9.94. The quantitative estimate of drug-likeness (QED) is 0.537. The highest BCUT2D eigenvalue weighted by Crippen LogP contribution is 2.47. The second kappa shape index (κ2) is 9.66. The maximum Gasteiger partial charge on any atom is 0.408 e. The van der Waals surface area contributed by atoms with Crippen LogP contribution in [-0.2, 0) is 15.3 Å². The maximum absolute atomic E-state index is 13.9. The molecule has 5 rings (SSSR count). The first-order chi connectivity index (χ1) is 17.2. The summed E-state index contributed by atoms with van der Waals surface area (Å²) in [6.45, 7) is 0.414. The molecule has 0 spiro atoms. The molecule has 6 nitrogen and oxygen atoms in total. The zero-order chi connectivity index (χ0) is 25.6. The van der Waals surface area contributed by atoms with Gasteiger partial charge in [0.1, 0.15) is 18.4 Å². The van der Waals surface area contributed by atoms with Gasteiger partial charge in [0.25, 0.3) is 5.91 Å². The van der Waals surface area contributed by atoms with Gasteiger partial charge >= 0.3 is 6.18 Å². The number of carbonyl (C=O) groups excluding carboxylic acids is 1. The van der Waals surface area contributed by atoms with Crippen LogP contribution in [0.3, 0.4) is 0 Å². The molecule has 2 atom stereocenters. The molecule has 1 N–H and O–H groups in total. The van der Waals surface area contributed by atoms with E-state index in [-0.39, 0.29) is 25.6 Å². The number of benzene rings is 2. The first-order valence-electron chi connectivity index (χ1n) is 11.3. The predicted octanol–water partition coefficient (Wildman–Crippen LogP) is 5.62. The van der Waals surface area contributed by atoms with E-state index < -0.39 is 29.9 Å². The number of aliphatic hydroxyl groups excluding tert-OH is 1. The minimum atomic E-state index is -4.67. The van der Waals surface area contributed by atoms with Crippen LogP contribution >= 0.6 is 23.4 Å². The van der Waals surface area contributed by atoms with Gasteiger partial charge in [0.15, 0.2) is 5.70 Å². The van der Waals surface area contributed by atoms with Gasteiger partial charge in [0.05, 0.1) is 19.3 Å². The number of amides is 1. The lowest BCUT2D eigenvalue weighted by Crippen LogP contribution is -2.62. The van der Waals surface area contributed by atoms with Crippen molar-refractivity contribution in [2.45, 2.75) is 35.8 Å². The summed E-state index contributed by atoms with van der Waals surface area (Å²) in [5, 5.41) is 14.4. The Hall–Kier alpha value is -2.66. The Labute approximate surface area is 215 Å². The zero-order valence-corrected chi connectivity index (χ0v) is 20.8. The minimum Gasteiger partial charge on any atom is -0.507 e. The van der Waals surface area contributed by atoms with Crippen molar-refractivity contribution in [2.75, 3.05) is 19.9 Å². The van der Waals surface area contributed by atoms with Gasteiger partial charge in [0.2, 0.25) is 0 Å². The van der Waals surface area contributed by atoms with E-state index in [1.165, 1.54) is 5.01 Å². The maximum atomic E-state index is 13.9. The Kier molecular flexibility index (Phi) is 6.71. The highest BCUT2D eigenvalue weighted by molar-refractivity contribution is 7.98. The number of aliphatic hydroxyl groups is 1. The SMILES string of the molecule is C[C@@H](N1CN([C@@H]2c3ccccc3SCc3cccc(Cl)c32)N2/C=C\COC/C(O)=C\2C1=O)C(F)(F)F. The number of fused-ring (bicyclic) bond motifs is 3. The van der Waals surface area contributed by atoms with Crippen LogP contribution in [0.1, 0.15) is 29.7 Å². The van der Waals surface area contributed by atoms with Gasteiger partial charge in [-0.3, -0.25) is 9.80 Å². The van der Waals surface area contributed by atoms with Crippen LogP contribution in [0.15, 0.2) is 71.1 Å². The molecule has 3 heterocycles. The van der Waals surface area contributed by atoms with Crippen LogP contribution in [0.2, 0.25) is 5.02 Å². The van der Waals surface area contributed by atoms with E-state index in [0.717, 1.165) is 33.4 Å². The zero-order valence-electron chi connectivity index (χ0n) is 19.2. The van der Waals surface area contributed by atoms with E-state index in [9.17, 15) is 23.1 Å². The first kappa shape index (κ1) is 25.0. The van der Waals surface area contributed by atoms with Crippen LogP contribution < -0.4 is 0 Å². The topological polar surface area (TPSA) is 56.3 Å². The summed E-state index contributed by atoms with van der Waals surface area (Å²) in [7, 11) is 0. The van der Waals surface area contributed by atoms with Crippen molar-refractivity contribution in [2.24, 2.45) is 0 Å². The van der Waals surface area contributed by atoms with Crippen LogP contribution in [0.25, 0.3) is 0 Å². The lowest BCUT2D eigenvalue weighted by Gasteiger charge is -2.49. The molecule has 36 heavy (non-hydrogen) atoms. The fourth-order valence-corrected chi connectivity index (χ4v) is 6.04. The highest BCUT2D eigenvalue weighted by Gasteiger charge is 2.49. The summed E-state index contributed by atoms with van der Waals surface area (Å²) in [4.78, 5) is 15.1. The van der Waals surface area contributed by atoms with E-state index >= 15 is 0 Å². The predicted molar refractivity (Wildman–Crippen MR) is 130 cm³/mol. The van der Waals surface area contributed by atoms with Crippen molar-refractivity contribution in [1.82, 2.24) is 14.9 Å². The average molecular weight is 538 g/mol. The largest absolute Gasteiger partial charge is 0.507 e. The van der Waals surface area contributed by atoms with Crippen LogP contribution in [0.4, 0.5) is 13.2 Å². The number of hydrogen-bond acceptors (Lipinski definition) is 6. The van der Waals surface area contributed by atoms with Gasteiger partial charge in [-0.05, 0) is 41.8 Å². The van der Waals surface area contributed by atoms with E-state index in [0.29, 0.717) is 10.8 Å². The molecule has 11 heteroatoms. The smallest absolute Gasteiger partial charge is 0.408 e. The third kappa shape index (κ3) is 4.36. The Morgan fingerprint density at radius 3 is 2.75 bits per heavy atom. The molecule has 1 amide bonds. The van der Waals surface area contributed by atoms with E-state index in [1.54, 1.807) is 35.1 Å². The molecule has 3 aliphatic rings. The molecule has 0 radical (unpaired) electrons. The fraction of sp³-hybridized carbons (Fsp3) is 0.320. The molecule has 0 unspecified atom stereocenters. The van der Waals surface area contributed by atoms with Crippen molar-refractivity contribution in [3.05, 3.63) is 87.9 Å². The number of rotatable bonds is 2. The van der Waals surface area contributed by atoms with E-state index in [4.69, 9.17) is 16.3 Å². The number of carbonyl (C=O) groups is 1. The van der Waals surface area contributed by atoms with E-state index in [1.807, 2.05) is 36.4 Å². The normalized spacial score (nSPS) is 24.7. The molecule has 0 aromatic heterocycles. The van der Waals surface area contributed by atoms with Crippen LogP contribution in [0, 0.1) is 0 Å². The van der Waals surface area contributed by atoms with Crippen molar-refractivity contribution in [1.29, 1.82) is 0 Å². The highest BCUT2D eigenvalue weighted by atomic mass is 35.5. The Morgan fingerprint density at radius 1 is 1.19 bits per heavy atom. The number of thioether (sulfide) groups is 1. The summed E-state index contributed by atoms with van der Waals surface area (Å²) < 4.78 is 47.0. The third-order valence-electron chi connectivity index (χ3n) is 6.49. The second-order valence-corrected chi connectivity index (χ2v) is 10.1. The number of hydrazine groups is 1. The first-order valence-corrected chi connectivity index (χ1v) is 12.6.